The van der Waals surface area contributed by atoms with Crippen molar-refractivity contribution in [2.75, 3.05) is 50.1 Å². The third kappa shape index (κ3) is 5.77. The van der Waals surface area contributed by atoms with Crippen LogP contribution in [0, 0.1) is 0 Å². The quantitative estimate of drug-likeness (QED) is 0.405. The van der Waals surface area contributed by atoms with E-state index in [0.29, 0.717) is 31.5 Å². The van der Waals surface area contributed by atoms with Gasteiger partial charge in [0.15, 0.2) is 5.16 Å². The van der Waals surface area contributed by atoms with Crippen LogP contribution in [0.25, 0.3) is 5.69 Å². The summed E-state index contributed by atoms with van der Waals surface area (Å²) in [7, 11) is 0. The minimum Gasteiger partial charge on any atom is -0.492 e. The molecule has 8 nitrogen and oxygen atoms in total. The summed E-state index contributed by atoms with van der Waals surface area (Å²) in [5, 5.41) is 12.3. The Morgan fingerprint density at radius 3 is 2.48 bits per heavy atom. The van der Waals surface area contributed by atoms with Gasteiger partial charge in [0.05, 0.1) is 31.2 Å². The molecule has 3 aromatic rings. The Hall–Kier alpha value is -3.04. The molecule has 0 spiro atoms. The molecule has 0 saturated carbocycles. The number of hydrogen-bond acceptors (Lipinski definition) is 7. The topological polar surface area (TPSA) is 81.5 Å². The minimum absolute atomic E-state index is 0.0720. The summed E-state index contributed by atoms with van der Waals surface area (Å²) in [6, 6.07) is 19.5. The molecular formula is C22H25N5O3S. The predicted octanol–water partition coefficient (Wildman–Crippen LogP) is 2.39. The van der Waals surface area contributed by atoms with E-state index in [1.807, 2.05) is 65.2 Å². The average Bonchev–Trinajstić information content (AvgIpc) is 3.26. The highest BCUT2D eigenvalue weighted by molar-refractivity contribution is 7.99. The molecule has 1 aliphatic rings. The third-order valence-corrected chi connectivity index (χ3v) is 5.62. The number of thioether (sulfide) groups is 1. The van der Waals surface area contributed by atoms with Crippen LogP contribution in [0.5, 0.6) is 5.75 Å². The fourth-order valence-corrected chi connectivity index (χ4v) is 3.96. The van der Waals surface area contributed by atoms with Crippen LogP contribution in [0.15, 0.2) is 65.8 Å². The fourth-order valence-electron chi connectivity index (χ4n) is 3.18. The second-order valence-corrected chi connectivity index (χ2v) is 7.80. The lowest BCUT2D eigenvalue weighted by molar-refractivity contribution is -0.118. The third-order valence-electron chi connectivity index (χ3n) is 4.69. The first kappa shape index (κ1) is 21.2. The van der Waals surface area contributed by atoms with Gasteiger partial charge in [0.25, 0.3) is 0 Å². The molecule has 2 aromatic carbocycles. The van der Waals surface area contributed by atoms with Crippen LogP contribution >= 0.6 is 11.8 Å². The van der Waals surface area contributed by atoms with E-state index < -0.39 is 0 Å². The van der Waals surface area contributed by atoms with Gasteiger partial charge < -0.3 is 19.7 Å². The van der Waals surface area contributed by atoms with Crippen LogP contribution in [0.1, 0.15) is 0 Å². The number of morpholine rings is 1. The standard InChI is InChI=1S/C22H25N5O3S/c28-20(23-11-14-30-19-9-5-2-6-10-19)17-31-22-25-24-21(26-12-15-29-16-13-26)27(22)18-7-3-1-4-8-18/h1-10H,11-17H2,(H,23,28). The summed E-state index contributed by atoms with van der Waals surface area (Å²) in [6.45, 7) is 3.71. The lowest BCUT2D eigenvalue weighted by Crippen LogP contribution is -2.37. The predicted molar refractivity (Wildman–Crippen MR) is 120 cm³/mol. The second-order valence-electron chi connectivity index (χ2n) is 6.85. The zero-order valence-electron chi connectivity index (χ0n) is 17.1. The van der Waals surface area contributed by atoms with Gasteiger partial charge in [0, 0.05) is 13.1 Å². The Morgan fingerprint density at radius 1 is 1.03 bits per heavy atom. The van der Waals surface area contributed by atoms with E-state index in [0.717, 1.165) is 30.5 Å². The van der Waals surface area contributed by atoms with E-state index in [2.05, 4.69) is 20.4 Å². The molecule has 0 radical (unpaired) electrons. The molecule has 162 valence electrons. The Bertz CT molecular complexity index is 962. The number of hydrogen-bond donors (Lipinski definition) is 1. The number of benzene rings is 2. The van der Waals surface area contributed by atoms with Crippen molar-refractivity contribution in [2.45, 2.75) is 5.16 Å². The maximum Gasteiger partial charge on any atom is 0.232 e. The molecular weight excluding hydrogens is 414 g/mol. The summed E-state index contributed by atoms with van der Waals surface area (Å²) in [5.74, 6) is 1.74. The van der Waals surface area contributed by atoms with Crippen LogP contribution in [-0.2, 0) is 9.53 Å². The molecule has 0 atom stereocenters. The van der Waals surface area contributed by atoms with Crippen molar-refractivity contribution in [1.29, 1.82) is 0 Å². The maximum atomic E-state index is 12.3. The number of aromatic nitrogens is 3. The van der Waals surface area contributed by atoms with Crippen molar-refractivity contribution in [1.82, 2.24) is 20.1 Å². The SMILES string of the molecule is O=C(CSc1nnc(N2CCOCC2)n1-c1ccccc1)NCCOc1ccccc1. The average molecular weight is 440 g/mol. The van der Waals surface area contributed by atoms with Gasteiger partial charge in [0.1, 0.15) is 12.4 Å². The normalized spacial score (nSPS) is 13.7. The number of ether oxygens (including phenoxy) is 2. The van der Waals surface area contributed by atoms with Crippen LogP contribution in [0.4, 0.5) is 5.95 Å². The molecule has 2 heterocycles. The van der Waals surface area contributed by atoms with E-state index in [1.165, 1.54) is 11.8 Å². The molecule has 1 fully saturated rings. The van der Waals surface area contributed by atoms with Gasteiger partial charge in [-0.2, -0.15) is 0 Å². The zero-order chi connectivity index (χ0) is 21.3. The van der Waals surface area contributed by atoms with Crippen LogP contribution in [0.2, 0.25) is 0 Å². The van der Waals surface area contributed by atoms with Crippen molar-refractivity contribution in [3.05, 3.63) is 60.7 Å². The van der Waals surface area contributed by atoms with Gasteiger partial charge in [-0.15, -0.1) is 10.2 Å². The molecule has 0 unspecified atom stereocenters. The molecule has 1 amide bonds. The summed E-state index contributed by atoms with van der Waals surface area (Å²) in [5.41, 5.74) is 0.966. The largest absolute Gasteiger partial charge is 0.492 e. The van der Waals surface area contributed by atoms with Crippen molar-refractivity contribution in [2.24, 2.45) is 0 Å². The van der Waals surface area contributed by atoms with Crippen molar-refractivity contribution in [3.8, 4) is 11.4 Å². The highest BCUT2D eigenvalue weighted by Gasteiger charge is 2.22. The molecule has 1 aromatic heterocycles. The van der Waals surface area contributed by atoms with E-state index in [1.54, 1.807) is 0 Å². The Morgan fingerprint density at radius 2 is 1.74 bits per heavy atom. The molecule has 0 aliphatic carbocycles. The maximum absolute atomic E-state index is 12.3. The first-order valence-electron chi connectivity index (χ1n) is 10.2. The minimum atomic E-state index is -0.0720. The van der Waals surface area contributed by atoms with Gasteiger partial charge >= 0.3 is 0 Å². The summed E-state index contributed by atoms with van der Waals surface area (Å²) in [4.78, 5) is 14.5. The van der Waals surface area contributed by atoms with E-state index >= 15 is 0 Å². The van der Waals surface area contributed by atoms with Gasteiger partial charge in [-0.3, -0.25) is 9.36 Å². The highest BCUT2D eigenvalue weighted by Crippen LogP contribution is 2.27. The molecule has 1 saturated heterocycles. The number of nitrogens with zero attached hydrogens (tertiary/aromatic N) is 4. The van der Waals surface area contributed by atoms with Crippen LogP contribution in [0.3, 0.4) is 0 Å². The number of carbonyl (C=O) groups excluding carboxylic acids is 1. The number of nitrogens with one attached hydrogen (secondary N) is 1. The van der Waals surface area contributed by atoms with E-state index in [4.69, 9.17) is 9.47 Å². The first-order valence-corrected chi connectivity index (χ1v) is 11.2. The van der Waals surface area contributed by atoms with E-state index in [-0.39, 0.29) is 11.7 Å². The van der Waals surface area contributed by atoms with Gasteiger partial charge in [0.2, 0.25) is 11.9 Å². The number of rotatable bonds is 9. The van der Waals surface area contributed by atoms with Crippen molar-refractivity contribution in [3.63, 3.8) is 0 Å². The molecule has 4 rings (SSSR count). The van der Waals surface area contributed by atoms with Gasteiger partial charge in [-0.1, -0.05) is 48.2 Å². The number of anilines is 1. The molecule has 31 heavy (non-hydrogen) atoms. The first-order chi connectivity index (χ1) is 15.3. The molecule has 1 aliphatic heterocycles. The number of amides is 1. The molecule has 9 heteroatoms. The molecule has 0 bridgehead atoms. The Balaban J connectivity index is 1.35. The second kappa shape index (κ2) is 10.8. The van der Waals surface area contributed by atoms with Crippen molar-refractivity contribution < 1.29 is 14.3 Å². The van der Waals surface area contributed by atoms with Gasteiger partial charge in [-0.25, -0.2) is 0 Å². The smallest absolute Gasteiger partial charge is 0.232 e. The molecule has 1 N–H and O–H groups in total. The van der Waals surface area contributed by atoms with Crippen molar-refractivity contribution >= 4 is 23.6 Å². The lowest BCUT2D eigenvalue weighted by Gasteiger charge is -2.27. The zero-order valence-corrected chi connectivity index (χ0v) is 18.0. The van der Waals surface area contributed by atoms with E-state index in [9.17, 15) is 4.79 Å². The van der Waals surface area contributed by atoms with Gasteiger partial charge in [-0.05, 0) is 24.3 Å². The number of para-hydroxylation sites is 2. The van der Waals surface area contributed by atoms with Crippen LogP contribution < -0.4 is 15.0 Å². The fraction of sp³-hybridized carbons (Fsp3) is 0.318. The van der Waals surface area contributed by atoms with Crippen LogP contribution in [-0.4, -0.2) is 65.9 Å². The number of carbonyl (C=O) groups is 1. The monoisotopic (exact) mass is 439 g/mol. The Labute approximate surface area is 185 Å². The summed E-state index contributed by atoms with van der Waals surface area (Å²) < 4.78 is 13.1. The highest BCUT2D eigenvalue weighted by atomic mass is 32.2. The summed E-state index contributed by atoms with van der Waals surface area (Å²) >= 11 is 1.37. The summed E-state index contributed by atoms with van der Waals surface area (Å²) in [6.07, 6.45) is 0. The Kier molecular flexibility index (Phi) is 7.41. The lowest BCUT2D eigenvalue weighted by atomic mass is 10.3.